The zero-order valence-corrected chi connectivity index (χ0v) is 13.0. The molecule has 0 amide bonds. The molecule has 1 aromatic rings. The van der Waals surface area contributed by atoms with Crippen LogP contribution >= 0.6 is 23.2 Å². The molecule has 108 valence electrons. The summed E-state index contributed by atoms with van der Waals surface area (Å²) < 4.78 is 4.87. The molecule has 1 unspecified atom stereocenters. The molecule has 0 spiro atoms. The number of alkyl halides is 2. The Morgan fingerprint density at radius 2 is 2.05 bits per heavy atom. The van der Waals surface area contributed by atoms with Crippen molar-refractivity contribution in [3.05, 3.63) is 53.9 Å². The minimum atomic E-state index is -0.953. The summed E-state index contributed by atoms with van der Waals surface area (Å²) in [6.07, 6.45) is 4.15. The Labute approximate surface area is 130 Å². The molecule has 1 fully saturated rings. The van der Waals surface area contributed by atoms with Crippen LogP contribution in [0.25, 0.3) is 6.08 Å². The third-order valence-electron chi connectivity index (χ3n) is 3.19. The van der Waals surface area contributed by atoms with E-state index in [0.717, 1.165) is 18.4 Å². The number of ether oxygens (including phenoxy) is 1. The second-order valence-corrected chi connectivity index (χ2v) is 6.45. The van der Waals surface area contributed by atoms with Crippen molar-refractivity contribution in [3.63, 3.8) is 0 Å². The van der Waals surface area contributed by atoms with E-state index in [1.807, 2.05) is 36.4 Å². The van der Waals surface area contributed by atoms with E-state index in [9.17, 15) is 0 Å². The zero-order chi connectivity index (χ0) is 14.6. The predicted octanol–water partition coefficient (Wildman–Crippen LogP) is 4.85. The number of nitrogens with one attached hydrogen (secondary N) is 1. The predicted molar refractivity (Wildman–Crippen MR) is 85.5 cm³/mol. The first kappa shape index (κ1) is 15.3. The van der Waals surface area contributed by atoms with Crippen LogP contribution in [0, 0.1) is 0 Å². The molecule has 2 rings (SSSR count). The van der Waals surface area contributed by atoms with Gasteiger partial charge in [-0.1, -0.05) is 79.9 Å². The lowest BCUT2D eigenvalue weighted by atomic mass is 10.2. The number of hydrogen-bond donors (Lipinski definition) is 1. The van der Waals surface area contributed by atoms with Gasteiger partial charge in [-0.2, -0.15) is 0 Å². The van der Waals surface area contributed by atoms with Crippen molar-refractivity contribution >= 4 is 29.3 Å². The molecule has 2 nitrogen and oxygen atoms in total. The molecule has 1 aliphatic heterocycles. The van der Waals surface area contributed by atoms with E-state index in [0.29, 0.717) is 17.9 Å². The highest BCUT2D eigenvalue weighted by atomic mass is 35.5. The quantitative estimate of drug-likeness (QED) is 0.785. The Kier molecular flexibility index (Phi) is 5.00. The highest BCUT2D eigenvalue weighted by Crippen LogP contribution is 2.37. The Hall–Kier alpha value is -1.12. The molecule has 0 bridgehead atoms. The van der Waals surface area contributed by atoms with Gasteiger partial charge in [0.1, 0.15) is 5.76 Å². The van der Waals surface area contributed by atoms with Crippen LogP contribution in [0.5, 0.6) is 0 Å². The molecule has 1 aromatic carbocycles. The van der Waals surface area contributed by atoms with Gasteiger partial charge in [0.15, 0.2) is 4.33 Å². The maximum atomic E-state index is 6.36. The normalized spacial score (nSPS) is 20.9. The van der Waals surface area contributed by atoms with E-state index < -0.39 is 10.6 Å². The van der Waals surface area contributed by atoms with E-state index in [-0.39, 0.29) is 0 Å². The van der Waals surface area contributed by atoms with Gasteiger partial charge in [-0.25, -0.2) is 0 Å². The highest BCUT2D eigenvalue weighted by Gasteiger charge is 2.41. The number of benzene rings is 1. The Morgan fingerprint density at radius 3 is 2.70 bits per heavy atom. The van der Waals surface area contributed by atoms with Crippen molar-refractivity contribution in [2.24, 2.45) is 0 Å². The number of hydrogen-bond acceptors (Lipinski definition) is 2. The molecule has 1 N–H and O–H groups in total. The van der Waals surface area contributed by atoms with Gasteiger partial charge in [0.2, 0.25) is 6.23 Å². The van der Waals surface area contributed by atoms with E-state index in [1.165, 1.54) is 0 Å². The third kappa shape index (κ3) is 3.71. The summed E-state index contributed by atoms with van der Waals surface area (Å²) in [6.45, 7) is 6.06. The highest BCUT2D eigenvalue weighted by molar-refractivity contribution is 6.48. The summed E-state index contributed by atoms with van der Waals surface area (Å²) in [7, 11) is 0. The Balaban J connectivity index is 2.09. The first-order valence-electron chi connectivity index (χ1n) is 6.80. The monoisotopic (exact) mass is 311 g/mol. The van der Waals surface area contributed by atoms with Gasteiger partial charge >= 0.3 is 0 Å². The molecule has 20 heavy (non-hydrogen) atoms. The van der Waals surface area contributed by atoms with Crippen LogP contribution in [-0.4, -0.2) is 10.6 Å². The molecule has 0 aliphatic carbocycles. The lowest BCUT2D eigenvalue weighted by molar-refractivity contribution is 0.127. The lowest BCUT2D eigenvalue weighted by Crippen LogP contribution is -2.39. The largest absolute Gasteiger partial charge is 0.465 e. The maximum Gasteiger partial charge on any atom is 0.203 e. The van der Waals surface area contributed by atoms with Crippen molar-refractivity contribution < 1.29 is 4.74 Å². The van der Waals surface area contributed by atoms with Crippen LogP contribution in [0.2, 0.25) is 0 Å². The van der Waals surface area contributed by atoms with Gasteiger partial charge in [-0.3, -0.25) is 0 Å². The first-order chi connectivity index (χ1) is 9.53. The van der Waals surface area contributed by atoms with Crippen LogP contribution in [0.3, 0.4) is 0 Å². The van der Waals surface area contributed by atoms with Gasteiger partial charge in [-0.15, -0.1) is 0 Å². The molecular formula is C16H19Cl2NO. The van der Waals surface area contributed by atoms with Crippen molar-refractivity contribution in [3.8, 4) is 0 Å². The molecule has 1 aliphatic rings. The molecule has 1 atom stereocenters. The molecule has 0 radical (unpaired) electrons. The van der Waals surface area contributed by atoms with Crippen LogP contribution in [0.4, 0.5) is 0 Å². The van der Waals surface area contributed by atoms with Gasteiger partial charge in [-0.05, 0) is 18.1 Å². The third-order valence-corrected chi connectivity index (χ3v) is 3.97. The average molecular weight is 312 g/mol. The Morgan fingerprint density at radius 1 is 1.35 bits per heavy atom. The van der Waals surface area contributed by atoms with E-state index in [1.54, 1.807) is 0 Å². The molecule has 1 heterocycles. The van der Waals surface area contributed by atoms with Gasteiger partial charge in [0, 0.05) is 0 Å². The molecule has 1 saturated heterocycles. The SMILES string of the molecule is C=C1NC(C(Cl)(Cl)CCCC)O/C1=C\c1ccccc1. The molecule has 0 saturated carbocycles. The summed E-state index contributed by atoms with van der Waals surface area (Å²) in [5.41, 5.74) is 1.76. The van der Waals surface area contributed by atoms with Crippen molar-refractivity contribution in [1.29, 1.82) is 0 Å². The minimum Gasteiger partial charge on any atom is -0.465 e. The Bertz CT molecular complexity index is 496. The summed E-state index contributed by atoms with van der Waals surface area (Å²) in [5.74, 6) is 0.684. The zero-order valence-electron chi connectivity index (χ0n) is 11.5. The summed E-state index contributed by atoms with van der Waals surface area (Å²) in [5, 5.41) is 3.12. The fraction of sp³-hybridized carbons (Fsp3) is 0.375. The number of rotatable bonds is 5. The smallest absolute Gasteiger partial charge is 0.203 e. The fourth-order valence-corrected chi connectivity index (χ4v) is 2.48. The number of halogens is 2. The van der Waals surface area contributed by atoms with Crippen LogP contribution in [0.1, 0.15) is 31.7 Å². The van der Waals surface area contributed by atoms with E-state index in [4.69, 9.17) is 27.9 Å². The van der Waals surface area contributed by atoms with E-state index in [2.05, 4.69) is 18.8 Å². The van der Waals surface area contributed by atoms with Crippen LogP contribution in [0.15, 0.2) is 48.4 Å². The topological polar surface area (TPSA) is 21.3 Å². The maximum absolute atomic E-state index is 6.36. The van der Waals surface area contributed by atoms with Crippen molar-refractivity contribution in [2.45, 2.75) is 36.7 Å². The van der Waals surface area contributed by atoms with Crippen LogP contribution < -0.4 is 5.32 Å². The summed E-state index contributed by atoms with van der Waals surface area (Å²) in [6, 6.07) is 9.93. The minimum absolute atomic E-state index is 0.458. The number of unbranched alkanes of at least 4 members (excludes halogenated alkanes) is 1. The molecular weight excluding hydrogens is 293 g/mol. The fourth-order valence-electron chi connectivity index (χ4n) is 2.01. The lowest BCUT2D eigenvalue weighted by Gasteiger charge is -2.25. The first-order valence-corrected chi connectivity index (χ1v) is 7.55. The molecule has 4 heteroatoms. The van der Waals surface area contributed by atoms with Gasteiger partial charge in [0.05, 0.1) is 5.70 Å². The van der Waals surface area contributed by atoms with Crippen molar-refractivity contribution in [2.75, 3.05) is 0 Å². The van der Waals surface area contributed by atoms with Crippen molar-refractivity contribution in [1.82, 2.24) is 5.32 Å². The summed E-state index contributed by atoms with van der Waals surface area (Å²) in [4.78, 5) is 0. The summed E-state index contributed by atoms with van der Waals surface area (Å²) >= 11 is 12.7. The van der Waals surface area contributed by atoms with E-state index >= 15 is 0 Å². The van der Waals surface area contributed by atoms with Gasteiger partial charge in [0.25, 0.3) is 0 Å². The second kappa shape index (κ2) is 6.55. The van der Waals surface area contributed by atoms with Crippen LogP contribution in [-0.2, 0) is 4.74 Å². The standard InChI is InChI=1S/C16H19Cl2NO/c1-3-4-10-16(17,18)15-19-12(2)14(20-15)11-13-8-6-5-7-9-13/h5-9,11,15,19H,2-4,10H2,1H3/b14-11-. The molecule has 0 aromatic heterocycles. The average Bonchev–Trinajstić information content (AvgIpc) is 2.80. The van der Waals surface area contributed by atoms with Gasteiger partial charge < -0.3 is 10.1 Å². The second-order valence-electron chi connectivity index (χ2n) is 4.90.